The van der Waals surface area contributed by atoms with Crippen molar-refractivity contribution in [3.63, 3.8) is 0 Å². The van der Waals surface area contributed by atoms with E-state index in [-0.39, 0.29) is 27.5 Å². The fourth-order valence-electron chi connectivity index (χ4n) is 5.83. The Labute approximate surface area is 309 Å². The summed E-state index contributed by atoms with van der Waals surface area (Å²) in [5.74, 6) is -0.913. The van der Waals surface area contributed by atoms with Crippen molar-refractivity contribution in [3.05, 3.63) is 72.8 Å². The third-order valence-electron chi connectivity index (χ3n) is 8.36. The maximum absolute atomic E-state index is 14.6. The van der Waals surface area contributed by atoms with Crippen LogP contribution in [0.15, 0.2) is 71.4 Å². The zero-order valence-electron chi connectivity index (χ0n) is 27.4. The van der Waals surface area contributed by atoms with Gasteiger partial charge in [0.05, 0.1) is 74.4 Å². The number of nitrogens with zero attached hydrogens (tertiary/aromatic N) is 13. The SMILES string of the molecule is C.C.O=C1O[C@@H](Cn2ccnn2)CN1c1ccc(N2C=NNCC2)c(F)c1.O=CN1CCN(c2ccc(N3C[C@H](Cn4ccnn4)OC3=O)cc2F)C=N1. The van der Waals surface area contributed by atoms with Crippen LogP contribution < -0.4 is 25.0 Å². The van der Waals surface area contributed by atoms with Crippen molar-refractivity contribution in [1.29, 1.82) is 0 Å². The largest absolute Gasteiger partial charge is 0.442 e. The maximum atomic E-state index is 14.6. The predicted octanol–water partition coefficient (Wildman–Crippen LogP) is 2.73. The summed E-state index contributed by atoms with van der Waals surface area (Å²) in [6, 6.07) is 9.19. The van der Waals surface area contributed by atoms with Crippen LogP contribution in [0, 0.1) is 11.6 Å². The summed E-state index contributed by atoms with van der Waals surface area (Å²) in [5.41, 5.74) is 4.42. The molecule has 4 aliphatic heterocycles. The van der Waals surface area contributed by atoms with E-state index in [0.717, 1.165) is 0 Å². The first-order valence-corrected chi connectivity index (χ1v) is 16.1. The molecule has 286 valence electrons. The van der Waals surface area contributed by atoms with Crippen molar-refractivity contribution >= 4 is 54.0 Å². The number of amides is 3. The average Bonchev–Trinajstić information content (AvgIpc) is 3.99. The van der Waals surface area contributed by atoms with Gasteiger partial charge >= 0.3 is 12.2 Å². The first-order chi connectivity index (χ1) is 25.3. The molecule has 54 heavy (non-hydrogen) atoms. The normalized spacial score (nSPS) is 19.0. The van der Waals surface area contributed by atoms with E-state index in [2.05, 4.69) is 36.3 Å². The molecule has 2 saturated heterocycles. The molecule has 0 unspecified atom stereocenters. The first-order valence-electron chi connectivity index (χ1n) is 16.1. The number of hydrazone groups is 2. The molecule has 1 N–H and O–H groups in total. The molecule has 0 aliphatic carbocycles. The number of benzene rings is 2. The molecule has 2 aromatic heterocycles. The van der Waals surface area contributed by atoms with Gasteiger partial charge in [-0.1, -0.05) is 25.3 Å². The van der Waals surface area contributed by atoms with Crippen molar-refractivity contribution in [2.45, 2.75) is 40.2 Å². The van der Waals surface area contributed by atoms with Crippen LogP contribution in [-0.2, 0) is 27.4 Å². The van der Waals surface area contributed by atoms with Gasteiger partial charge in [-0.3, -0.25) is 14.6 Å². The third-order valence-corrected chi connectivity index (χ3v) is 8.36. The van der Waals surface area contributed by atoms with E-state index in [4.69, 9.17) is 9.47 Å². The molecule has 0 spiro atoms. The van der Waals surface area contributed by atoms with Gasteiger partial charge in [-0.15, -0.1) is 10.2 Å². The molecule has 4 aliphatic rings. The zero-order chi connectivity index (χ0) is 36.0. The van der Waals surface area contributed by atoms with Crippen LogP contribution in [0.2, 0.25) is 0 Å². The smallest absolute Gasteiger partial charge is 0.414 e. The van der Waals surface area contributed by atoms with Crippen LogP contribution in [0.1, 0.15) is 14.9 Å². The van der Waals surface area contributed by atoms with E-state index in [1.54, 1.807) is 74.6 Å². The van der Waals surface area contributed by atoms with Crippen LogP contribution in [-0.4, -0.2) is 118 Å². The molecule has 0 bridgehead atoms. The summed E-state index contributed by atoms with van der Waals surface area (Å²) in [6.07, 6.45) is 8.23. The topological polar surface area (TPSA) is 184 Å². The number of carbonyl (C=O) groups is 3. The van der Waals surface area contributed by atoms with Crippen LogP contribution in [0.25, 0.3) is 0 Å². The summed E-state index contributed by atoms with van der Waals surface area (Å²) in [4.78, 5) is 41.1. The Bertz CT molecular complexity index is 1950. The second-order valence-electron chi connectivity index (χ2n) is 11.8. The predicted molar refractivity (Wildman–Crippen MR) is 194 cm³/mol. The van der Waals surface area contributed by atoms with E-state index >= 15 is 0 Å². The minimum absolute atomic E-state index is 0. The third kappa shape index (κ3) is 8.68. The maximum Gasteiger partial charge on any atom is 0.414 e. The number of nitrogens with one attached hydrogen (secondary N) is 1. The number of carbonyl (C=O) groups excluding carboxylic acids is 3. The lowest BCUT2D eigenvalue weighted by Crippen LogP contribution is -2.37. The van der Waals surface area contributed by atoms with Gasteiger partial charge in [0.2, 0.25) is 6.41 Å². The number of ether oxygens (including phenoxy) is 2. The molecule has 21 heteroatoms. The zero-order valence-corrected chi connectivity index (χ0v) is 27.4. The molecule has 0 saturated carbocycles. The van der Waals surface area contributed by atoms with Crippen LogP contribution in [0.3, 0.4) is 0 Å². The summed E-state index contributed by atoms with van der Waals surface area (Å²) in [5, 5.41) is 24.2. The van der Waals surface area contributed by atoms with Crippen LogP contribution in [0.5, 0.6) is 0 Å². The molecular formula is C33H40F2N14O5. The lowest BCUT2D eigenvalue weighted by atomic mass is 10.2. The summed E-state index contributed by atoms with van der Waals surface area (Å²) >= 11 is 0. The second-order valence-corrected chi connectivity index (χ2v) is 11.8. The van der Waals surface area contributed by atoms with E-state index in [9.17, 15) is 23.2 Å². The van der Waals surface area contributed by atoms with Gasteiger partial charge < -0.3 is 24.7 Å². The highest BCUT2D eigenvalue weighted by atomic mass is 19.1. The number of halogens is 2. The van der Waals surface area contributed by atoms with Crippen LogP contribution in [0.4, 0.5) is 41.1 Å². The lowest BCUT2D eigenvalue weighted by molar-refractivity contribution is -0.118. The standard InChI is InChI=1S/C16H16FN7O3.C15H16FN7O2.2CH4/c17-14-7-12(1-2-15(14)21-5-6-23(11-25)19-10-21)24-9-13(27-16(24)26)8-22-4-3-18-20-22;16-13-7-11(1-2-14(13)21-5-3-17-19-10-21)23-9-12(25-15(23)24)8-22-6-4-18-20-22;;/h1-4,7,10-11,13H,5-6,8-9H2;1-2,4,6-7,10,12,17H,3,5,8-9H2;2*1H4/t13-;12-;;/m00../s1. The van der Waals surface area contributed by atoms with E-state index < -0.39 is 29.9 Å². The van der Waals surface area contributed by atoms with E-state index in [1.807, 2.05) is 0 Å². The molecule has 2 atom stereocenters. The van der Waals surface area contributed by atoms with Crippen molar-refractivity contribution in [2.75, 3.05) is 58.9 Å². The van der Waals surface area contributed by atoms with Crippen molar-refractivity contribution in [2.24, 2.45) is 10.2 Å². The molecule has 2 aromatic carbocycles. The van der Waals surface area contributed by atoms with Gasteiger partial charge in [0, 0.05) is 25.5 Å². The molecular weight excluding hydrogens is 710 g/mol. The van der Waals surface area contributed by atoms with Gasteiger partial charge in [0.15, 0.2) is 0 Å². The van der Waals surface area contributed by atoms with Crippen molar-refractivity contribution in [3.8, 4) is 0 Å². The molecule has 3 amide bonds. The minimum Gasteiger partial charge on any atom is -0.442 e. The number of rotatable bonds is 9. The average molecular weight is 751 g/mol. The molecule has 6 heterocycles. The molecule has 0 radical (unpaired) electrons. The summed E-state index contributed by atoms with van der Waals surface area (Å²) in [6.45, 7) is 3.43. The number of anilines is 4. The summed E-state index contributed by atoms with van der Waals surface area (Å²) in [7, 11) is 0. The Morgan fingerprint density at radius 3 is 1.70 bits per heavy atom. The fraction of sp³-hybridized carbons (Fsp3) is 0.364. The Balaban J connectivity index is 0.000000201. The van der Waals surface area contributed by atoms with Gasteiger partial charge in [0.25, 0.3) is 0 Å². The fourth-order valence-corrected chi connectivity index (χ4v) is 5.83. The highest BCUT2D eigenvalue weighted by Gasteiger charge is 2.34. The Kier molecular flexibility index (Phi) is 12.3. The number of hydrogen-bond donors (Lipinski definition) is 1. The number of cyclic esters (lactones) is 2. The van der Waals surface area contributed by atoms with Crippen molar-refractivity contribution in [1.82, 2.24) is 40.4 Å². The molecule has 19 nitrogen and oxygen atoms in total. The minimum atomic E-state index is -0.534. The highest BCUT2D eigenvalue weighted by molar-refractivity contribution is 5.91. The lowest BCUT2D eigenvalue weighted by Gasteiger charge is -2.27. The summed E-state index contributed by atoms with van der Waals surface area (Å²) < 4.78 is 42.9. The first kappa shape index (κ1) is 38.6. The highest BCUT2D eigenvalue weighted by Crippen LogP contribution is 2.30. The monoisotopic (exact) mass is 750 g/mol. The van der Waals surface area contributed by atoms with Gasteiger partial charge in [-0.2, -0.15) is 10.2 Å². The second kappa shape index (κ2) is 17.2. The Hall–Kier alpha value is -6.67. The number of hydrogen-bond acceptors (Lipinski definition) is 14. The van der Waals surface area contributed by atoms with Gasteiger partial charge in [-0.25, -0.2) is 32.7 Å². The van der Waals surface area contributed by atoms with Gasteiger partial charge in [0.1, 0.15) is 36.5 Å². The number of aromatic nitrogens is 6. The molecule has 8 rings (SSSR count). The van der Waals surface area contributed by atoms with E-state index in [1.165, 1.54) is 33.3 Å². The molecule has 2 fully saturated rings. The van der Waals surface area contributed by atoms with Crippen molar-refractivity contribution < 1.29 is 32.6 Å². The Morgan fingerprint density at radius 1 is 0.759 bits per heavy atom. The quantitative estimate of drug-likeness (QED) is 0.247. The Morgan fingerprint density at radius 2 is 1.30 bits per heavy atom. The van der Waals surface area contributed by atoms with Crippen LogP contribution >= 0.6 is 0 Å². The molecule has 4 aromatic rings. The van der Waals surface area contributed by atoms with Gasteiger partial charge in [-0.05, 0) is 36.4 Å². The van der Waals surface area contributed by atoms with E-state index in [0.29, 0.717) is 75.0 Å².